The average Bonchev–Trinajstić information content (AvgIpc) is 2.18. The summed E-state index contributed by atoms with van der Waals surface area (Å²) in [5.41, 5.74) is 8.65. The molecule has 0 amide bonds. The van der Waals surface area contributed by atoms with Gasteiger partial charge < -0.3 is 5.73 Å². The van der Waals surface area contributed by atoms with Gasteiger partial charge in [-0.2, -0.15) is 0 Å². The van der Waals surface area contributed by atoms with Gasteiger partial charge in [-0.3, -0.25) is 0 Å². The Morgan fingerprint density at radius 3 is 2.07 bits per heavy atom. The Morgan fingerprint density at radius 2 is 1.47 bits per heavy atom. The van der Waals surface area contributed by atoms with Crippen LogP contribution in [0.2, 0.25) is 5.02 Å². The van der Waals surface area contributed by atoms with Crippen LogP contribution in [0, 0.1) is 0 Å². The Labute approximate surface area is 100 Å². The fraction of sp³-hybridized carbons (Fsp3) is 0. The van der Waals surface area contributed by atoms with Gasteiger partial charge in [0, 0.05) is 10.7 Å². The van der Waals surface area contributed by atoms with Crippen molar-refractivity contribution in [3.05, 3.63) is 53.6 Å². The number of halogens is 2. The minimum Gasteiger partial charge on any atom is -0.399 e. The highest BCUT2D eigenvalue weighted by Gasteiger charge is 1.97. The van der Waals surface area contributed by atoms with Crippen LogP contribution in [0.1, 0.15) is 0 Å². The van der Waals surface area contributed by atoms with Gasteiger partial charge in [0.05, 0.1) is 0 Å². The normalized spacial score (nSPS) is 9.40. The minimum absolute atomic E-state index is 0. The van der Waals surface area contributed by atoms with Crippen molar-refractivity contribution in [2.75, 3.05) is 5.73 Å². The third-order valence-electron chi connectivity index (χ3n) is 2.04. The van der Waals surface area contributed by atoms with Crippen molar-refractivity contribution in [2.24, 2.45) is 0 Å². The van der Waals surface area contributed by atoms with E-state index < -0.39 is 0 Å². The summed E-state index contributed by atoms with van der Waals surface area (Å²) in [7, 11) is 0. The van der Waals surface area contributed by atoms with Crippen molar-refractivity contribution >= 4 is 29.7 Å². The summed E-state index contributed by atoms with van der Waals surface area (Å²) in [5, 5.41) is 0.741. The number of hydrogen-bond acceptors (Lipinski definition) is 1. The lowest BCUT2D eigenvalue weighted by molar-refractivity contribution is 1.61. The SMILES string of the molecule is Cl.Nc1cccc(-c2cccc(Cl)c2)c1. The van der Waals surface area contributed by atoms with E-state index in [9.17, 15) is 0 Å². The molecular formula is C12H11Cl2N. The maximum Gasteiger partial charge on any atom is 0.0412 e. The van der Waals surface area contributed by atoms with E-state index in [1.165, 1.54) is 0 Å². The van der Waals surface area contributed by atoms with Crippen LogP contribution in [0.4, 0.5) is 5.69 Å². The Morgan fingerprint density at radius 1 is 0.867 bits per heavy atom. The van der Waals surface area contributed by atoms with Crippen LogP contribution in [0.15, 0.2) is 48.5 Å². The van der Waals surface area contributed by atoms with Gasteiger partial charge in [0.25, 0.3) is 0 Å². The van der Waals surface area contributed by atoms with Crippen molar-refractivity contribution in [2.45, 2.75) is 0 Å². The first-order valence-corrected chi connectivity index (χ1v) is 4.75. The second kappa shape index (κ2) is 5.06. The summed E-state index contributed by atoms with van der Waals surface area (Å²) in [4.78, 5) is 0. The monoisotopic (exact) mass is 239 g/mol. The standard InChI is InChI=1S/C12H10ClN.ClH/c13-11-5-1-3-9(7-11)10-4-2-6-12(14)8-10;/h1-8H,14H2;1H. The lowest BCUT2D eigenvalue weighted by atomic mass is 10.1. The van der Waals surface area contributed by atoms with E-state index in [-0.39, 0.29) is 12.4 Å². The molecule has 0 aliphatic carbocycles. The van der Waals surface area contributed by atoms with E-state index in [1.54, 1.807) is 0 Å². The van der Waals surface area contributed by atoms with Gasteiger partial charge in [-0.25, -0.2) is 0 Å². The molecule has 2 N–H and O–H groups in total. The molecule has 0 spiro atoms. The number of anilines is 1. The summed E-state index contributed by atoms with van der Waals surface area (Å²) in [6.45, 7) is 0. The Balaban J connectivity index is 0.00000112. The molecule has 0 bridgehead atoms. The van der Waals surface area contributed by atoms with Crippen LogP contribution in [-0.4, -0.2) is 0 Å². The van der Waals surface area contributed by atoms with Crippen LogP contribution in [-0.2, 0) is 0 Å². The largest absolute Gasteiger partial charge is 0.399 e. The molecule has 1 nitrogen and oxygen atoms in total. The first kappa shape index (κ1) is 11.9. The molecule has 2 aromatic rings. The number of benzene rings is 2. The molecule has 0 radical (unpaired) electrons. The molecule has 0 saturated carbocycles. The van der Waals surface area contributed by atoms with E-state index >= 15 is 0 Å². The second-order valence-electron chi connectivity index (χ2n) is 3.14. The predicted molar refractivity (Wildman–Crippen MR) is 68.5 cm³/mol. The van der Waals surface area contributed by atoms with E-state index in [0.29, 0.717) is 0 Å². The molecule has 0 aliphatic heterocycles. The Bertz CT molecular complexity index is 411. The number of nitrogens with two attached hydrogens (primary N) is 1. The molecule has 78 valence electrons. The van der Waals surface area contributed by atoms with Crippen LogP contribution in [0.5, 0.6) is 0 Å². The van der Waals surface area contributed by atoms with Crippen LogP contribution in [0.25, 0.3) is 11.1 Å². The van der Waals surface area contributed by atoms with E-state index in [4.69, 9.17) is 17.3 Å². The fourth-order valence-corrected chi connectivity index (χ4v) is 1.58. The molecule has 0 saturated heterocycles. The topological polar surface area (TPSA) is 26.0 Å². The second-order valence-corrected chi connectivity index (χ2v) is 3.57. The van der Waals surface area contributed by atoms with E-state index in [0.717, 1.165) is 21.8 Å². The van der Waals surface area contributed by atoms with Gasteiger partial charge in [-0.05, 0) is 35.4 Å². The quantitative estimate of drug-likeness (QED) is 0.748. The average molecular weight is 240 g/mol. The lowest BCUT2D eigenvalue weighted by Gasteiger charge is -2.02. The van der Waals surface area contributed by atoms with Gasteiger partial charge in [0.1, 0.15) is 0 Å². The summed E-state index contributed by atoms with van der Waals surface area (Å²) in [6, 6.07) is 15.5. The van der Waals surface area contributed by atoms with Crippen molar-refractivity contribution in [3.63, 3.8) is 0 Å². The third-order valence-corrected chi connectivity index (χ3v) is 2.28. The van der Waals surface area contributed by atoms with Gasteiger partial charge in [0.15, 0.2) is 0 Å². The molecule has 0 atom stereocenters. The van der Waals surface area contributed by atoms with Crippen LogP contribution < -0.4 is 5.73 Å². The van der Waals surface area contributed by atoms with Crippen molar-refractivity contribution in [1.82, 2.24) is 0 Å². The van der Waals surface area contributed by atoms with Crippen LogP contribution in [0.3, 0.4) is 0 Å². The fourth-order valence-electron chi connectivity index (χ4n) is 1.39. The highest BCUT2D eigenvalue weighted by Crippen LogP contribution is 2.23. The lowest BCUT2D eigenvalue weighted by Crippen LogP contribution is -1.84. The highest BCUT2D eigenvalue weighted by molar-refractivity contribution is 6.30. The molecule has 3 heteroatoms. The van der Waals surface area contributed by atoms with E-state index in [2.05, 4.69) is 0 Å². The molecule has 0 aromatic heterocycles. The van der Waals surface area contributed by atoms with Gasteiger partial charge in [-0.1, -0.05) is 35.9 Å². The molecule has 0 fully saturated rings. The summed E-state index contributed by atoms with van der Waals surface area (Å²) >= 11 is 5.90. The number of rotatable bonds is 1. The molecule has 15 heavy (non-hydrogen) atoms. The Hall–Kier alpha value is -1.18. The van der Waals surface area contributed by atoms with Crippen LogP contribution >= 0.6 is 24.0 Å². The maximum atomic E-state index is 5.90. The molecule has 2 rings (SSSR count). The smallest absolute Gasteiger partial charge is 0.0412 e. The number of nitrogen functional groups attached to an aromatic ring is 1. The van der Waals surface area contributed by atoms with Crippen molar-refractivity contribution < 1.29 is 0 Å². The van der Waals surface area contributed by atoms with Crippen molar-refractivity contribution in [1.29, 1.82) is 0 Å². The van der Waals surface area contributed by atoms with Gasteiger partial charge in [-0.15, -0.1) is 12.4 Å². The highest BCUT2D eigenvalue weighted by atomic mass is 35.5. The molecule has 2 aromatic carbocycles. The van der Waals surface area contributed by atoms with Crippen molar-refractivity contribution in [3.8, 4) is 11.1 Å². The molecule has 0 heterocycles. The predicted octanol–water partition coefficient (Wildman–Crippen LogP) is 4.01. The molecular weight excluding hydrogens is 229 g/mol. The van der Waals surface area contributed by atoms with Gasteiger partial charge in [0.2, 0.25) is 0 Å². The number of hydrogen-bond donors (Lipinski definition) is 1. The van der Waals surface area contributed by atoms with Gasteiger partial charge >= 0.3 is 0 Å². The summed E-state index contributed by atoms with van der Waals surface area (Å²) in [5.74, 6) is 0. The first-order valence-electron chi connectivity index (χ1n) is 4.37. The Kier molecular flexibility index (Phi) is 4.01. The molecule has 0 aliphatic rings. The zero-order valence-corrected chi connectivity index (χ0v) is 9.55. The molecule has 0 unspecified atom stereocenters. The maximum absolute atomic E-state index is 5.90. The van der Waals surface area contributed by atoms with E-state index in [1.807, 2.05) is 48.5 Å². The third kappa shape index (κ3) is 2.88. The zero-order valence-electron chi connectivity index (χ0n) is 7.98. The zero-order chi connectivity index (χ0) is 9.97. The summed E-state index contributed by atoms with van der Waals surface area (Å²) < 4.78 is 0. The minimum atomic E-state index is 0. The first-order chi connectivity index (χ1) is 6.75. The summed E-state index contributed by atoms with van der Waals surface area (Å²) in [6.07, 6.45) is 0.